The van der Waals surface area contributed by atoms with Gasteiger partial charge in [-0.05, 0) is 141 Å². The Hall–Kier alpha value is -4.90. The first-order valence-electron chi connectivity index (χ1n) is 25.4. The number of rotatable bonds is 23. The van der Waals surface area contributed by atoms with E-state index in [1.807, 2.05) is 24.3 Å². The Bertz CT molecular complexity index is 1890. The lowest BCUT2D eigenvalue weighted by Crippen LogP contribution is -2.59. The number of fused-ring (bicyclic) bond motifs is 2. The minimum Gasteiger partial charge on any atom is -0.376 e. The predicted molar refractivity (Wildman–Crippen MR) is 260 cm³/mol. The van der Waals surface area contributed by atoms with Gasteiger partial charge in [-0.3, -0.25) is 28.8 Å². The van der Waals surface area contributed by atoms with E-state index in [2.05, 4.69) is 56.2 Å². The second-order valence-corrected chi connectivity index (χ2v) is 19.2. The number of nitrogens with zero attached hydrogens (tertiary/aromatic N) is 2. The zero-order valence-corrected chi connectivity index (χ0v) is 41.3. The molecule has 6 amide bonds. The summed E-state index contributed by atoms with van der Waals surface area (Å²) in [7, 11) is 3.36. The normalized spacial score (nSPS) is 22.7. The lowest BCUT2D eigenvalue weighted by molar-refractivity contribution is -0.145. The van der Waals surface area contributed by atoms with Crippen LogP contribution in [0, 0.1) is 0 Å². The van der Waals surface area contributed by atoms with E-state index in [1.54, 1.807) is 51.6 Å². The lowest BCUT2D eigenvalue weighted by Gasteiger charge is -2.33. The number of hydrogen-bond donors (Lipinski definition) is 6. The van der Waals surface area contributed by atoms with Gasteiger partial charge >= 0.3 is 0 Å². The molecule has 1 unspecified atom stereocenters. The van der Waals surface area contributed by atoms with Gasteiger partial charge in [0, 0.05) is 26.3 Å². The topological polar surface area (TPSA) is 200 Å². The molecule has 0 radical (unpaired) electrons. The summed E-state index contributed by atoms with van der Waals surface area (Å²) in [6.07, 6.45) is 9.78. The van der Waals surface area contributed by atoms with Gasteiger partial charge in [0.15, 0.2) is 0 Å². The maximum Gasteiger partial charge on any atom is 0.248 e. The third-order valence-electron chi connectivity index (χ3n) is 14.6. The van der Waals surface area contributed by atoms with Gasteiger partial charge in [0.25, 0.3) is 0 Å². The second kappa shape index (κ2) is 25.6. The van der Waals surface area contributed by atoms with Gasteiger partial charge in [0.2, 0.25) is 35.4 Å². The summed E-state index contributed by atoms with van der Waals surface area (Å²) in [5, 5.41) is 18.2. The van der Waals surface area contributed by atoms with E-state index in [1.165, 1.54) is 11.1 Å². The van der Waals surface area contributed by atoms with E-state index in [4.69, 9.17) is 9.47 Å². The molecule has 2 saturated heterocycles. The van der Waals surface area contributed by atoms with Crippen molar-refractivity contribution in [3.63, 3.8) is 0 Å². The van der Waals surface area contributed by atoms with Crippen molar-refractivity contribution in [3.05, 3.63) is 70.8 Å². The smallest absolute Gasteiger partial charge is 0.248 e. The van der Waals surface area contributed by atoms with Crippen molar-refractivity contribution < 1.29 is 38.2 Å². The van der Waals surface area contributed by atoms with E-state index in [0.717, 1.165) is 62.5 Å². The standard InChI is InChI=1S/C52H78N8O8/c1-33(53-5)47(61)57-45(51(65)59-29-17-27-43(59)49(63)55-41-25-15-21-37-19-9-11-23-39(37)41)35(3)67-31-13-7-8-14-32-68-36(4)46(58-48(62)34(2)54-6)52(66)60-30-18-28-44(60)50(64)56-42-26-16-22-38-20-10-12-24-40(38)42/h9-12,19-20,23-24,33-36,41-46,53-54H,7-8,13-18,21-22,25-32H2,1-6H3,(H,55,63)(H,56,64)(H,57,61)(H,58,62)/t33-,34-,35+,36+,41-,42?,43-,44+,45+,46+/m1/s1. The van der Waals surface area contributed by atoms with Gasteiger partial charge < -0.3 is 51.2 Å². The first-order valence-corrected chi connectivity index (χ1v) is 25.4. The van der Waals surface area contributed by atoms with E-state index >= 15 is 0 Å². The highest BCUT2D eigenvalue weighted by Gasteiger charge is 2.43. The molecule has 6 rings (SSSR count). The highest BCUT2D eigenvalue weighted by Crippen LogP contribution is 2.32. The summed E-state index contributed by atoms with van der Waals surface area (Å²) in [6.45, 7) is 8.56. The molecule has 2 heterocycles. The molecule has 2 aromatic rings. The van der Waals surface area contributed by atoms with Crippen LogP contribution in [0.5, 0.6) is 0 Å². The number of amides is 6. The third kappa shape index (κ3) is 13.4. The molecule has 16 nitrogen and oxygen atoms in total. The van der Waals surface area contributed by atoms with Gasteiger partial charge in [0.05, 0.1) is 36.4 Å². The summed E-state index contributed by atoms with van der Waals surface area (Å²) >= 11 is 0. The van der Waals surface area contributed by atoms with Crippen molar-refractivity contribution in [1.82, 2.24) is 41.7 Å². The Labute approximate surface area is 403 Å². The molecule has 0 saturated carbocycles. The number of carbonyl (C=O) groups excluding carboxylic acids is 6. The van der Waals surface area contributed by atoms with Gasteiger partial charge in [-0.2, -0.15) is 0 Å². The van der Waals surface area contributed by atoms with E-state index in [-0.39, 0.29) is 47.5 Å². The molecule has 10 atom stereocenters. The second-order valence-electron chi connectivity index (χ2n) is 19.2. The van der Waals surface area contributed by atoms with Crippen molar-refractivity contribution in [2.45, 2.75) is 178 Å². The molecular formula is C52H78N8O8. The monoisotopic (exact) mass is 943 g/mol. The van der Waals surface area contributed by atoms with Crippen LogP contribution >= 0.6 is 0 Å². The molecule has 2 aliphatic carbocycles. The summed E-state index contributed by atoms with van der Waals surface area (Å²) < 4.78 is 12.5. The van der Waals surface area contributed by atoms with Crippen LogP contribution in [0.15, 0.2) is 48.5 Å². The Morgan fingerprint density at radius 2 is 0.956 bits per heavy atom. The Morgan fingerprint density at radius 3 is 1.35 bits per heavy atom. The fourth-order valence-electron chi connectivity index (χ4n) is 10.2. The van der Waals surface area contributed by atoms with Crippen molar-refractivity contribution in [2.24, 2.45) is 0 Å². The van der Waals surface area contributed by atoms with Crippen molar-refractivity contribution in [2.75, 3.05) is 40.4 Å². The summed E-state index contributed by atoms with van der Waals surface area (Å²) in [6, 6.07) is 11.9. The van der Waals surface area contributed by atoms with Crippen LogP contribution in [-0.4, -0.2) is 134 Å². The number of unbranched alkanes of at least 4 members (excludes halogenated alkanes) is 3. The number of carbonyl (C=O) groups is 6. The molecule has 0 aromatic heterocycles. The Kier molecular flexibility index (Phi) is 19.8. The zero-order chi connectivity index (χ0) is 48.7. The van der Waals surface area contributed by atoms with Gasteiger partial charge in [0.1, 0.15) is 24.2 Å². The van der Waals surface area contributed by atoms with Gasteiger partial charge in [-0.25, -0.2) is 0 Å². The molecule has 0 bridgehead atoms. The lowest BCUT2D eigenvalue weighted by atomic mass is 9.87. The number of hydrogen-bond acceptors (Lipinski definition) is 10. The molecule has 374 valence electrons. The molecule has 2 aromatic carbocycles. The van der Waals surface area contributed by atoms with Gasteiger partial charge in [-0.15, -0.1) is 0 Å². The minimum atomic E-state index is -0.983. The third-order valence-corrected chi connectivity index (χ3v) is 14.6. The van der Waals surface area contributed by atoms with Crippen molar-refractivity contribution >= 4 is 35.4 Å². The van der Waals surface area contributed by atoms with Crippen LogP contribution in [0.4, 0.5) is 0 Å². The molecule has 6 N–H and O–H groups in total. The van der Waals surface area contributed by atoms with Crippen LogP contribution < -0.4 is 31.9 Å². The highest BCUT2D eigenvalue weighted by atomic mass is 16.5. The number of nitrogens with one attached hydrogen (secondary N) is 6. The summed E-state index contributed by atoms with van der Waals surface area (Å²) in [5.41, 5.74) is 4.76. The zero-order valence-electron chi connectivity index (χ0n) is 41.3. The van der Waals surface area contributed by atoms with Crippen LogP contribution in [0.25, 0.3) is 0 Å². The average Bonchev–Trinajstić information content (AvgIpc) is 4.06. The number of aryl methyl sites for hydroxylation is 2. The number of likely N-dealkylation sites (N-methyl/N-ethyl adjacent to an activating group) is 2. The minimum absolute atomic E-state index is 0.102. The van der Waals surface area contributed by atoms with Crippen molar-refractivity contribution in [1.29, 1.82) is 0 Å². The summed E-state index contributed by atoms with van der Waals surface area (Å²) in [5.74, 6) is -1.66. The fraction of sp³-hybridized carbons (Fsp3) is 0.654. The molecule has 2 aliphatic heterocycles. The number of ether oxygens (including phenoxy) is 2. The molecule has 2 fully saturated rings. The maximum absolute atomic E-state index is 14.3. The van der Waals surface area contributed by atoms with Crippen molar-refractivity contribution in [3.8, 4) is 0 Å². The SMILES string of the molecule is CN[C@H](C)C(=O)N[C@H](C(=O)N1CCC[C@@H]1C(=O)N[C@@H]1CCCc2ccccc21)[C@H](C)OCCCCCCO[C@@H](C)[C@H](NC(=O)[C@@H](C)NC)C(=O)N1CCC[C@H]1C(=O)NC1CCCc2ccccc21. The predicted octanol–water partition coefficient (Wildman–Crippen LogP) is 3.91. The maximum atomic E-state index is 14.3. The van der Waals surface area contributed by atoms with Gasteiger partial charge in [-0.1, -0.05) is 61.4 Å². The first kappa shape index (κ1) is 52.5. The van der Waals surface area contributed by atoms with Crippen LogP contribution in [0.1, 0.15) is 139 Å². The molecule has 68 heavy (non-hydrogen) atoms. The Morgan fingerprint density at radius 1 is 0.559 bits per heavy atom. The molecular weight excluding hydrogens is 865 g/mol. The van der Waals surface area contributed by atoms with Crippen LogP contribution in [0.2, 0.25) is 0 Å². The molecule has 4 aliphatic rings. The van der Waals surface area contributed by atoms with E-state index < -0.39 is 48.5 Å². The van der Waals surface area contributed by atoms with E-state index in [0.29, 0.717) is 64.8 Å². The van der Waals surface area contributed by atoms with Crippen LogP contribution in [-0.2, 0) is 51.1 Å². The molecule has 16 heteroatoms. The van der Waals surface area contributed by atoms with Crippen LogP contribution in [0.3, 0.4) is 0 Å². The highest BCUT2D eigenvalue weighted by molar-refractivity contribution is 5.95. The first-order chi connectivity index (χ1) is 32.8. The molecule has 0 spiro atoms. The number of likely N-dealkylation sites (tertiary alicyclic amines) is 2. The summed E-state index contributed by atoms with van der Waals surface area (Å²) in [4.78, 5) is 85.7. The Balaban J connectivity index is 0.977. The average molecular weight is 943 g/mol. The number of benzene rings is 2. The largest absolute Gasteiger partial charge is 0.376 e. The fourth-order valence-corrected chi connectivity index (χ4v) is 10.2. The quantitative estimate of drug-likeness (QED) is 0.0889. The van der Waals surface area contributed by atoms with E-state index in [9.17, 15) is 28.8 Å².